The first-order valence-corrected chi connectivity index (χ1v) is 10.6. The minimum absolute atomic E-state index is 0.0501. The van der Waals surface area contributed by atoms with Crippen molar-refractivity contribution >= 4 is 23.3 Å². The number of ether oxygens (including phenoxy) is 1. The number of hydrogen-bond donors (Lipinski definition) is 1. The van der Waals surface area contributed by atoms with Gasteiger partial charge in [-0.3, -0.25) is 4.79 Å². The fourth-order valence-electron chi connectivity index (χ4n) is 3.92. The highest BCUT2D eigenvalue weighted by Gasteiger charge is 2.22. The maximum Gasteiger partial charge on any atom is 0.255 e. The van der Waals surface area contributed by atoms with Crippen LogP contribution < -0.4 is 5.32 Å². The lowest BCUT2D eigenvalue weighted by atomic mass is 10.1. The number of carbonyl (C=O) groups excluding carboxylic acids is 1. The molecule has 0 saturated carbocycles. The van der Waals surface area contributed by atoms with Crippen molar-refractivity contribution in [1.29, 1.82) is 0 Å². The van der Waals surface area contributed by atoms with Gasteiger partial charge >= 0.3 is 0 Å². The average Bonchev–Trinajstić information content (AvgIpc) is 3.28. The molecular weight excluding hydrogens is 388 g/mol. The molecule has 6 nitrogen and oxygen atoms in total. The van der Waals surface area contributed by atoms with E-state index in [1.54, 1.807) is 17.2 Å². The van der Waals surface area contributed by atoms with E-state index in [2.05, 4.69) is 27.3 Å². The summed E-state index contributed by atoms with van der Waals surface area (Å²) >= 11 is 6.53. The summed E-state index contributed by atoms with van der Waals surface area (Å²) in [5, 5.41) is 3.97. The van der Waals surface area contributed by atoms with E-state index in [0.29, 0.717) is 42.7 Å². The number of pyridine rings is 1. The summed E-state index contributed by atoms with van der Waals surface area (Å²) in [4.78, 5) is 21.4. The number of amides is 1. The van der Waals surface area contributed by atoms with Crippen LogP contribution in [0.4, 0.5) is 5.82 Å². The highest BCUT2D eigenvalue weighted by atomic mass is 35.5. The number of halogens is 1. The van der Waals surface area contributed by atoms with E-state index >= 15 is 0 Å². The molecule has 1 amide bonds. The zero-order valence-corrected chi connectivity index (χ0v) is 17.3. The van der Waals surface area contributed by atoms with Crippen LogP contribution in [0, 0.1) is 0 Å². The number of anilines is 1. The van der Waals surface area contributed by atoms with Crippen LogP contribution in [0.1, 0.15) is 34.8 Å². The van der Waals surface area contributed by atoms with E-state index in [9.17, 15) is 4.79 Å². The topological polar surface area (TPSA) is 57.7 Å². The van der Waals surface area contributed by atoms with Crippen LogP contribution in [-0.4, -0.2) is 66.6 Å². The summed E-state index contributed by atoms with van der Waals surface area (Å²) in [5.74, 6) is 0.559. The third-order valence-electron chi connectivity index (χ3n) is 5.54. The molecule has 0 aliphatic carbocycles. The molecule has 1 N–H and O–H groups in total. The van der Waals surface area contributed by atoms with E-state index in [1.165, 1.54) is 18.4 Å². The van der Waals surface area contributed by atoms with Crippen LogP contribution in [0.3, 0.4) is 0 Å². The molecule has 1 atom stereocenters. The number of carbonyl (C=O) groups is 1. The lowest BCUT2D eigenvalue weighted by Gasteiger charge is -2.27. The Hall–Kier alpha value is -2.15. The quantitative estimate of drug-likeness (QED) is 0.784. The van der Waals surface area contributed by atoms with E-state index < -0.39 is 0 Å². The highest BCUT2D eigenvalue weighted by molar-refractivity contribution is 6.33. The predicted molar refractivity (Wildman–Crippen MR) is 114 cm³/mol. The summed E-state index contributed by atoms with van der Waals surface area (Å²) in [6, 6.07) is 12.2. The molecule has 0 radical (unpaired) electrons. The van der Waals surface area contributed by atoms with Gasteiger partial charge in [-0.25, -0.2) is 4.98 Å². The van der Waals surface area contributed by atoms with Crippen LogP contribution in [0.15, 0.2) is 42.6 Å². The third kappa shape index (κ3) is 5.07. The van der Waals surface area contributed by atoms with Crippen LogP contribution >= 0.6 is 11.6 Å². The zero-order valence-electron chi connectivity index (χ0n) is 16.5. The van der Waals surface area contributed by atoms with Crippen molar-refractivity contribution in [3.63, 3.8) is 0 Å². The molecule has 7 heteroatoms. The first-order chi connectivity index (χ1) is 14.2. The second kappa shape index (κ2) is 9.57. The minimum Gasteiger partial charge on any atom is -0.378 e. The van der Waals surface area contributed by atoms with Gasteiger partial charge in [-0.05, 0) is 37.6 Å². The van der Waals surface area contributed by atoms with Crippen molar-refractivity contribution in [2.45, 2.75) is 18.9 Å². The molecule has 2 saturated heterocycles. The lowest BCUT2D eigenvalue weighted by Crippen LogP contribution is -2.40. The Balaban J connectivity index is 1.50. The SMILES string of the molecule is O=C(c1cnc(NC(CN2CCCC2)c2ccccc2)c(Cl)c1)N1CCOCC1. The molecular formula is C22H27ClN4O2. The normalized spacial score (nSPS) is 18.6. The number of likely N-dealkylation sites (tertiary alicyclic amines) is 1. The number of nitrogens with one attached hydrogen (secondary N) is 1. The average molecular weight is 415 g/mol. The standard InChI is InChI=1S/C22H27ClN4O2/c23-19-14-18(22(28)27-10-12-29-13-11-27)15-24-21(19)25-20(16-26-8-4-5-9-26)17-6-2-1-3-7-17/h1-3,6-7,14-15,20H,4-5,8-13,16H2,(H,24,25). The molecule has 2 aliphatic heterocycles. The zero-order chi connectivity index (χ0) is 20.1. The van der Waals surface area contributed by atoms with Crippen molar-refractivity contribution in [2.24, 2.45) is 0 Å². The second-order valence-corrected chi connectivity index (χ2v) is 7.98. The first-order valence-electron chi connectivity index (χ1n) is 10.3. The number of aromatic nitrogens is 1. The van der Waals surface area contributed by atoms with Gasteiger partial charge in [-0.2, -0.15) is 0 Å². The number of nitrogens with zero attached hydrogens (tertiary/aromatic N) is 3. The Morgan fingerprint density at radius 1 is 1.14 bits per heavy atom. The third-order valence-corrected chi connectivity index (χ3v) is 5.83. The highest BCUT2D eigenvalue weighted by Crippen LogP contribution is 2.27. The Bertz CT molecular complexity index is 821. The smallest absolute Gasteiger partial charge is 0.255 e. The van der Waals surface area contributed by atoms with Crippen molar-refractivity contribution in [1.82, 2.24) is 14.8 Å². The summed E-state index contributed by atoms with van der Waals surface area (Å²) in [6.07, 6.45) is 4.11. The van der Waals surface area contributed by atoms with Gasteiger partial charge in [0.2, 0.25) is 0 Å². The minimum atomic E-state index is -0.0501. The summed E-state index contributed by atoms with van der Waals surface area (Å²) in [5.41, 5.74) is 1.71. The van der Waals surface area contributed by atoms with Gasteiger partial charge in [0.05, 0.1) is 29.8 Å². The predicted octanol–water partition coefficient (Wildman–Crippen LogP) is 3.46. The van der Waals surface area contributed by atoms with Crippen molar-refractivity contribution in [3.8, 4) is 0 Å². The molecule has 3 heterocycles. The number of benzene rings is 1. The molecule has 0 bridgehead atoms. The largest absolute Gasteiger partial charge is 0.378 e. The van der Waals surface area contributed by atoms with E-state index in [-0.39, 0.29) is 11.9 Å². The van der Waals surface area contributed by atoms with Crippen molar-refractivity contribution < 1.29 is 9.53 Å². The Morgan fingerprint density at radius 2 is 1.86 bits per heavy atom. The van der Waals surface area contributed by atoms with Gasteiger partial charge in [0.15, 0.2) is 0 Å². The molecule has 0 spiro atoms. The Labute approximate surface area is 176 Å². The summed E-state index contributed by atoms with van der Waals surface area (Å²) in [7, 11) is 0. The molecule has 1 aromatic carbocycles. The van der Waals surface area contributed by atoms with Crippen molar-refractivity contribution in [3.05, 3.63) is 58.7 Å². The molecule has 2 aliphatic rings. The monoisotopic (exact) mass is 414 g/mol. The fourth-order valence-corrected chi connectivity index (χ4v) is 4.14. The Morgan fingerprint density at radius 3 is 2.55 bits per heavy atom. The first kappa shape index (κ1) is 20.1. The summed E-state index contributed by atoms with van der Waals surface area (Å²) in [6.45, 7) is 5.49. The van der Waals surface area contributed by atoms with E-state index in [0.717, 1.165) is 19.6 Å². The van der Waals surface area contributed by atoms with Crippen LogP contribution in [0.25, 0.3) is 0 Å². The molecule has 2 aromatic rings. The Kier molecular flexibility index (Phi) is 6.64. The number of morpholine rings is 1. The molecule has 154 valence electrons. The maximum atomic E-state index is 12.7. The maximum absolute atomic E-state index is 12.7. The van der Waals surface area contributed by atoms with Crippen molar-refractivity contribution in [2.75, 3.05) is 51.3 Å². The lowest BCUT2D eigenvalue weighted by molar-refractivity contribution is 0.0302. The summed E-state index contributed by atoms with van der Waals surface area (Å²) < 4.78 is 5.32. The van der Waals surface area contributed by atoms with Gasteiger partial charge < -0.3 is 19.9 Å². The van der Waals surface area contributed by atoms with Crippen LogP contribution in [0.2, 0.25) is 5.02 Å². The van der Waals surface area contributed by atoms with Gasteiger partial charge in [-0.15, -0.1) is 0 Å². The number of hydrogen-bond acceptors (Lipinski definition) is 5. The van der Waals surface area contributed by atoms with E-state index in [4.69, 9.17) is 16.3 Å². The fraction of sp³-hybridized carbons (Fsp3) is 0.455. The second-order valence-electron chi connectivity index (χ2n) is 7.57. The van der Waals surface area contributed by atoms with Gasteiger partial charge in [0.25, 0.3) is 5.91 Å². The van der Waals surface area contributed by atoms with Gasteiger partial charge in [-0.1, -0.05) is 41.9 Å². The van der Waals surface area contributed by atoms with Gasteiger partial charge in [0, 0.05) is 25.8 Å². The van der Waals surface area contributed by atoms with Gasteiger partial charge in [0.1, 0.15) is 5.82 Å². The molecule has 29 heavy (non-hydrogen) atoms. The van der Waals surface area contributed by atoms with E-state index in [1.807, 2.05) is 18.2 Å². The molecule has 4 rings (SSSR count). The van der Waals surface area contributed by atoms with Crippen LogP contribution in [0.5, 0.6) is 0 Å². The van der Waals surface area contributed by atoms with Crippen LogP contribution in [-0.2, 0) is 4.74 Å². The molecule has 1 aromatic heterocycles. The number of rotatable bonds is 6. The molecule has 2 fully saturated rings. The molecule has 1 unspecified atom stereocenters.